The zero-order valence-electron chi connectivity index (χ0n) is 4.53. The highest BCUT2D eigenvalue weighted by Gasteiger charge is 2.29. The molecule has 2 atom stereocenters. The van der Waals surface area contributed by atoms with Crippen LogP contribution in [0.4, 0.5) is 8.78 Å². The molecule has 8 heavy (non-hydrogen) atoms. The van der Waals surface area contributed by atoms with Gasteiger partial charge in [0.15, 0.2) is 0 Å². The van der Waals surface area contributed by atoms with Crippen LogP contribution >= 0.6 is 0 Å². The van der Waals surface area contributed by atoms with Gasteiger partial charge in [0.2, 0.25) is 0 Å². The van der Waals surface area contributed by atoms with E-state index in [9.17, 15) is 8.78 Å². The Morgan fingerprint density at radius 1 is 1.38 bits per heavy atom. The molecular formula is C5H9F2N. The van der Waals surface area contributed by atoms with Gasteiger partial charge in [0.25, 0.3) is 0 Å². The van der Waals surface area contributed by atoms with Gasteiger partial charge in [-0.15, -0.1) is 0 Å². The first-order valence-corrected chi connectivity index (χ1v) is 2.73. The Bertz CT molecular complexity index is 62.8. The van der Waals surface area contributed by atoms with Gasteiger partial charge in [0.05, 0.1) is 6.67 Å². The summed E-state index contributed by atoms with van der Waals surface area (Å²) in [5.74, 6) is -0.0556. The van der Waals surface area contributed by atoms with Crippen molar-refractivity contribution in [3.05, 3.63) is 0 Å². The molecule has 48 valence electrons. The molecule has 0 radical (unpaired) electrons. The van der Waals surface area contributed by atoms with Crippen LogP contribution < -0.4 is 5.32 Å². The minimum atomic E-state index is -0.436. The Morgan fingerprint density at radius 2 is 2.12 bits per heavy atom. The molecule has 0 aromatic carbocycles. The predicted octanol–water partition coefficient (Wildman–Crippen LogP) is 0.513. The van der Waals surface area contributed by atoms with E-state index in [1.165, 1.54) is 0 Å². The molecule has 1 rings (SSSR count). The monoisotopic (exact) mass is 121 g/mol. The minimum Gasteiger partial charge on any atom is -0.311 e. The maximum absolute atomic E-state index is 11.7. The summed E-state index contributed by atoms with van der Waals surface area (Å²) in [6.45, 7) is -0.179. The average molecular weight is 121 g/mol. The van der Waals surface area contributed by atoms with Crippen molar-refractivity contribution in [1.82, 2.24) is 5.32 Å². The van der Waals surface area contributed by atoms with Gasteiger partial charge in [-0.2, -0.15) is 0 Å². The van der Waals surface area contributed by atoms with Gasteiger partial charge in [-0.1, -0.05) is 0 Å². The van der Waals surface area contributed by atoms with Crippen LogP contribution in [-0.4, -0.2) is 25.9 Å². The summed E-state index contributed by atoms with van der Waals surface area (Å²) in [4.78, 5) is 0. The van der Waals surface area contributed by atoms with Crippen molar-refractivity contribution in [1.29, 1.82) is 0 Å². The number of halogens is 2. The van der Waals surface area contributed by atoms with Crippen molar-refractivity contribution in [2.75, 3.05) is 19.9 Å². The van der Waals surface area contributed by atoms with Crippen LogP contribution in [-0.2, 0) is 0 Å². The van der Waals surface area contributed by atoms with Crippen molar-refractivity contribution >= 4 is 0 Å². The molecule has 2 unspecified atom stereocenters. The van der Waals surface area contributed by atoms with E-state index in [2.05, 4.69) is 5.32 Å². The van der Waals surface area contributed by atoms with Crippen LogP contribution in [0.3, 0.4) is 0 Å². The molecule has 1 aliphatic rings. The van der Waals surface area contributed by atoms with Crippen molar-refractivity contribution in [3.63, 3.8) is 0 Å². The highest BCUT2D eigenvalue weighted by Crippen LogP contribution is 2.13. The minimum absolute atomic E-state index is 0.0556. The Hall–Kier alpha value is -0.180. The summed E-state index contributed by atoms with van der Waals surface area (Å²) < 4.78 is 23.3. The van der Waals surface area contributed by atoms with Gasteiger partial charge in [0.1, 0.15) is 6.67 Å². The Labute approximate surface area is 47.1 Å². The van der Waals surface area contributed by atoms with E-state index in [1.54, 1.807) is 0 Å². The van der Waals surface area contributed by atoms with Gasteiger partial charge >= 0.3 is 0 Å². The van der Waals surface area contributed by atoms with E-state index < -0.39 is 6.67 Å². The normalized spacial score (nSPS) is 36.8. The molecule has 1 aliphatic heterocycles. The SMILES string of the molecule is FCC1CNC1CF. The first-order chi connectivity index (χ1) is 3.88. The van der Waals surface area contributed by atoms with E-state index in [0.717, 1.165) is 0 Å². The summed E-state index contributed by atoms with van der Waals surface area (Å²) in [5, 5.41) is 2.78. The molecule has 3 heteroatoms. The van der Waals surface area contributed by atoms with E-state index in [0.29, 0.717) is 6.54 Å². The van der Waals surface area contributed by atoms with Crippen molar-refractivity contribution in [2.24, 2.45) is 5.92 Å². The molecule has 1 heterocycles. The summed E-state index contributed by atoms with van der Waals surface area (Å²) in [6, 6.07) is -0.194. The van der Waals surface area contributed by atoms with E-state index in [4.69, 9.17) is 0 Å². The third-order valence-electron chi connectivity index (χ3n) is 1.58. The summed E-state index contributed by atoms with van der Waals surface area (Å²) in [5.41, 5.74) is 0. The Morgan fingerprint density at radius 3 is 2.25 bits per heavy atom. The molecule has 0 spiro atoms. The van der Waals surface area contributed by atoms with Gasteiger partial charge in [-0.3, -0.25) is 4.39 Å². The molecular weight excluding hydrogens is 112 g/mol. The lowest BCUT2D eigenvalue weighted by Gasteiger charge is -2.33. The fraction of sp³-hybridized carbons (Fsp3) is 1.00. The first-order valence-electron chi connectivity index (χ1n) is 2.73. The van der Waals surface area contributed by atoms with Crippen molar-refractivity contribution in [3.8, 4) is 0 Å². The second-order valence-electron chi connectivity index (χ2n) is 2.08. The molecule has 0 aromatic rings. The Balaban J connectivity index is 2.16. The number of alkyl halides is 2. The highest BCUT2D eigenvalue weighted by atomic mass is 19.1. The van der Waals surface area contributed by atoms with Crippen molar-refractivity contribution in [2.45, 2.75) is 6.04 Å². The quantitative estimate of drug-likeness (QED) is 0.561. The van der Waals surface area contributed by atoms with Gasteiger partial charge in [-0.25, -0.2) is 4.39 Å². The first kappa shape index (κ1) is 5.95. The van der Waals surface area contributed by atoms with E-state index in [1.807, 2.05) is 0 Å². The summed E-state index contributed by atoms with van der Waals surface area (Å²) in [6.07, 6.45) is 0. The van der Waals surface area contributed by atoms with Crippen molar-refractivity contribution < 1.29 is 8.78 Å². The number of hydrogen-bond donors (Lipinski definition) is 1. The van der Waals surface area contributed by atoms with E-state index >= 15 is 0 Å². The van der Waals surface area contributed by atoms with Crippen LogP contribution in [0.15, 0.2) is 0 Å². The predicted molar refractivity (Wildman–Crippen MR) is 27.2 cm³/mol. The lowest BCUT2D eigenvalue weighted by atomic mass is 9.94. The van der Waals surface area contributed by atoms with Crippen LogP contribution in [0.1, 0.15) is 0 Å². The number of hydrogen-bond acceptors (Lipinski definition) is 1. The summed E-state index contributed by atoms with van der Waals surface area (Å²) in [7, 11) is 0. The summed E-state index contributed by atoms with van der Waals surface area (Å²) >= 11 is 0. The second kappa shape index (κ2) is 2.40. The fourth-order valence-electron chi connectivity index (χ4n) is 0.794. The topological polar surface area (TPSA) is 12.0 Å². The van der Waals surface area contributed by atoms with Gasteiger partial charge in [-0.05, 0) is 0 Å². The molecule has 0 saturated carbocycles. The molecule has 0 amide bonds. The molecule has 1 nitrogen and oxygen atoms in total. The molecule has 1 N–H and O–H groups in total. The maximum Gasteiger partial charge on any atom is 0.105 e. The number of nitrogens with one attached hydrogen (secondary N) is 1. The average Bonchev–Trinajstić information content (AvgIpc) is 1.66. The van der Waals surface area contributed by atoms with E-state index in [-0.39, 0.29) is 18.6 Å². The standard InChI is InChI=1S/C5H9F2N/c6-1-4-3-8-5(4)2-7/h4-5,8H,1-3H2. The molecule has 0 bridgehead atoms. The molecule has 0 aromatic heterocycles. The van der Waals surface area contributed by atoms with Gasteiger partial charge in [0, 0.05) is 18.5 Å². The third kappa shape index (κ3) is 0.823. The number of rotatable bonds is 2. The molecule has 0 aliphatic carbocycles. The van der Waals surface area contributed by atoms with Crippen LogP contribution in [0.2, 0.25) is 0 Å². The second-order valence-corrected chi connectivity index (χ2v) is 2.08. The zero-order valence-corrected chi connectivity index (χ0v) is 4.53. The lowest BCUT2D eigenvalue weighted by molar-refractivity contribution is 0.156. The van der Waals surface area contributed by atoms with Gasteiger partial charge < -0.3 is 5.32 Å². The largest absolute Gasteiger partial charge is 0.311 e. The van der Waals surface area contributed by atoms with Crippen LogP contribution in [0.5, 0.6) is 0 Å². The molecule has 1 fully saturated rings. The smallest absolute Gasteiger partial charge is 0.105 e. The highest BCUT2D eigenvalue weighted by molar-refractivity contribution is 4.86. The Kier molecular flexibility index (Phi) is 1.78. The maximum atomic E-state index is 11.7. The zero-order chi connectivity index (χ0) is 5.98. The fourth-order valence-corrected chi connectivity index (χ4v) is 0.794. The molecule has 1 saturated heterocycles. The van der Waals surface area contributed by atoms with Crippen LogP contribution in [0.25, 0.3) is 0 Å². The third-order valence-corrected chi connectivity index (χ3v) is 1.58. The van der Waals surface area contributed by atoms with Crippen LogP contribution in [0, 0.1) is 5.92 Å². The lowest BCUT2D eigenvalue weighted by Crippen LogP contribution is -2.55.